The summed E-state index contributed by atoms with van der Waals surface area (Å²) >= 11 is 0. The van der Waals surface area contributed by atoms with Gasteiger partial charge in [-0.1, -0.05) is 18.9 Å². The topological polar surface area (TPSA) is 55.1 Å². The van der Waals surface area contributed by atoms with E-state index >= 15 is 0 Å². The number of carbonyl (C=O) groups excluding carboxylic acids is 1. The minimum atomic E-state index is -1.03. The van der Waals surface area contributed by atoms with Crippen molar-refractivity contribution in [3.05, 3.63) is 29.8 Å². The lowest BCUT2D eigenvalue weighted by Crippen LogP contribution is -2.40. The van der Waals surface area contributed by atoms with E-state index in [1.807, 2.05) is 0 Å². The summed E-state index contributed by atoms with van der Waals surface area (Å²) in [6, 6.07) is 3.71. The van der Waals surface area contributed by atoms with Crippen LogP contribution in [0.5, 0.6) is 0 Å². The predicted molar refractivity (Wildman–Crippen MR) is 64.9 cm³/mol. The molecule has 1 amide bonds. The second kappa shape index (κ2) is 5.02. The lowest BCUT2D eigenvalue weighted by molar-refractivity contribution is -0.124. The molecule has 0 bridgehead atoms. The quantitative estimate of drug-likeness (QED) is 0.870. The molecule has 0 radical (unpaired) electrons. The molecule has 98 valence electrons. The van der Waals surface area contributed by atoms with E-state index in [2.05, 4.69) is 5.32 Å². The van der Waals surface area contributed by atoms with Crippen LogP contribution >= 0.6 is 0 Å². The number of hydrogen-bond donors (Lipinski definition) is 2. The lowest BCUT2D eigenvalue weighted by atomic mass is 9.85. The van der Waals surface area contributed by atoms with Crippen molar-refractivity contribution in [2.24, 2.45) is 11.1 Å². The molecule has 1 aliphatic carbocycles. The molecule has 3 N–H and O–H groups in total. The Bertz CT molecular complexity index is 456. The van der Waals surface area contributed by atoms with Gasteiger partial charge in [0.25, 0.3) is 0 Å². The Balaban J connectivity index is 2.18. The fourth-order valence-corrected chi connectivity index (χ4v) is 2.43. The third kappa shape index (κ3) is 2.22. The van der Waals surface area contributed by atoms with Crippen molar-refractivity contribution in [2.75, 3.05) is 11.9 Å². The van der Waals surface area contributed by atoms with E-state index in [-0.39, 0.29) is 18.1 Å². The van der Waals surface area contributed by atoms with Crippen LogP contribution < -0.4 is 11.1 Å². The molecule has 0 heterocycles. The number of nitrogens with one attached hydrogen (secondary N) is 1. The van der Waals surface area contributed by atoms with Crippen LogP contribution in [0.15, 0.2) is 18.2 Å². The van der Waals surface area contributed by atoms with Crippen molar-refractivity contribution in [2.45, 2.75) is 25.7 Å². The highest BCUT2D eigenvalue weighted by Gasteiger charge is 2.40. The van der Waals surface area contributed by atoms with Gasteiger partial charge in [0, 0.05) is 6.54 Å². The van der Waals surface area contributed by atoms with Crippen LogP contribution in [0.1, 0.15) is 25.7 Å². The molecular weight excluding hydrogens is 238 g/mol. The van der Waals surface area contributed by atoms with Gasteiger partial charge in [0.05, 0.1) is 11.1 Å². The molecule has 0 aromatic heterocycles. The summed E-state index contributed by atoms with van der Waals surface area (Å²) < 4.78 is 26.5. The Kier molecular flexibility index (Phi) is 3.61. The second-order valence-electron chi connectivity index (χ2n) is 4.75. The largest absolute Gasteiger partial charge is 0.329 e. The van der Waals surface area contributed by atoms with Crippen LogP contribution in [0, 0.1) is 17.0 Å². The first-order chi connectivity index (χ1) is 8.59. The Hall–Kier alpha value is -1.49. The minimum absolute atomic E-state index is 0.125. The van der Waals surface area contributed by atoms with Crippen LogP contribution in [0.2, 0.25) is 0 Å². The summed E-state index contributed by atoms with van der Waals surface area (Å²) in [5, 5.41) is 2.45. The zero-order valence-electron chi connectivity index (χ0n) is 10.0. The molecule has 1 aromatic carbocycles. The van der Waals surface area contributed by atoms with Gasteiger partial charge in [-0.2, -0.15) is 0 Å². The Morgan fingerprint density at radius 2 is 2.00 bits per heavy atom. The van der Waals surface area contributed by atoms with Crippen molar-refractivity contribution in [1.29, 1.82) is 0 Å². The highest BCUT2D eigenvalue weighted by molar-refractivity contribution is 5.95. The van der Waals surface area contributed by atoms with Gasteiger partial charge in [-0.25, -0.2) is 8.78 Å². The van der Waals surface area contributed by atoms with E-state index in [1.165, 1.54) is 12.1 Å². The second-order valence-corrected chi connectivity index (χ2v) is 4.75. The maximum absolute atomic E-state index is 13.5. The number of halogens is 2. The van der Waals surface area contributed by atoms with Crippen molar-refractivity contribution in [3.63, 3.8) is 0 Å². The summed E-state index contributed by atoms with van der Waals surface area (Å²) in [5.41, 5.74) is 4.91. The van der Waals surface area contributed by atoms with E-state index < -0.39 is 17.0 Å². The average molecular weight is 254 g/mol. The maximum atomic E-state index is 13.5. The van der Waals surface area contributed by atoms with E-state index in [1.54, 1.807) is 0 Å². The SMILES string of the molecule is NCC1(C(=O)Nc2cccc(F)c2F)CCCC1. The smallest absolute Gasteiger partial charge is 0.231 e. The number of hydrogen-bond acceptors (Lipinski definition) is 2. The van der Waals surface area contributed by atoms with Crippen LogP contribution in [-0.2, 0) is 4.79 Å². The predicted octanol–water partition coefficient (Wildman–Crippen LogP) is 2.42. The standard InChI is InChI=1S/C13H16F2N2O/c14-9-4-3-5-10(11(9)15)17-12(18)13(8-16)6-1-2-7-13/h3-5H,1-2,6-8,16H2,(H,17,18). The maximum Gasteiger partial charge on any atom is 0.231 e. The fourth-order valence-electron chi connectivity index (χ4n) is 2.43. The molecule has 0 atom stereocenters. The number of rotatable bonds is 3. The van der Waals surface area contributed by atoms with Gasteiger partial charge < -0.3 is 11.1 Å². The van der Waals surface area contributed by atoms with Gasteiger partial charge in [-0.3, -0.25) is 4.79 Å². The number of benzene rings is 1. The third-order valence-electron chi connectivity index (χ3n) is 3.63. The van der Waals surface area contributed by atoms with Crippen LogP contribution in [0.3, 0.4) is 0 Å². The molecule has 5 heteroatoms. The van der Waals surface area contributed by atoms with E-state index in [0.29, 0.717) is 12.8 Å². The van der Waals surface area contributed by atoms with Gasteiger partial charge in [0.15, 0.2) is 11.6 Å². The Labute approximate surface area is 104 Å². The highest BCUT2D eigenvalue weighted by atomic mass is 19.2. The molecule has 0 spiro atoms. The van der Waals surface area contributed by atoms with Gasteiger partial charge in [0.2, 0.25) is 5.91 Å². The summed E-state index contributed by atoms with van der Waals surface area (Å²) in [6.07, 6.45) is 3.28. The molecular formula is C13H16F2N2O. The first-order valence-electron chi connectivity index (χ1n) is 6.05. The van der Waals surface area contributed by atoms with Gasteiger partial charge in [0.1, 0.15) is 0 Å². The molecule has 0 saturated heterocycles. The van der Waals surface area contributed by atoms with Crippen molar-refractivity contribution >= 4 is 11.6 Å². The fraction of sp³-hybridized carbons (Fsp3) is 0.462. The normalized spacial score (nSPS) is 17.7. The Morgan fingerprint density at radius 1 is 1.33 bits per heavy atom. The summed E-state index contributed by atoms with van der Waals surface area (Å²) in [4.78, 5) is 12.2. The number of nitrogens with two attached hydrogens (primary N) is 1. The highest BCUT2D eigenvalue weighted by Crippen LogP contribution is 2.38. The minimum Gasteiger partial charge on any atom is -0.329 e. The first-order valence-corrected chi connectivity index (χ1v) is 6.05. The van der Waals surface area contributed by atoms with E-state index in [4.69, 9.17) is 5.73 Å². The molecule has 1 aliphatic rings. The van der Waals surface area contributed by atoms with Crippen molar-refractivity contribution in [3.8, 4) is 0 Å². The first kappa shape index (κ1) is 13.0. The molecule has 0 unspecified atom stereocenters. The third-order valence-corrected chi connectivity index (χ3v) is 3.63. The zero-order valence-corrected chi connectivity index (χ0v) is 10.0. The van der Waals surface area contributed by atoms with Crippen LogP contribution in [0.4, 0.5) is 14.5 Å². The monoisotopic (exact) mass is 254 g/mol. The number of amides is 1. The lowest BCUT2D eigenvalue weighted by Gasteiger charge is -2.25. The molecule has 1 saturated carbocycles. The van der Waals surface area contributed by atoms with Crippen molar-refractivity contribution < 1.29 is 13.6 Å². The number of anilines is 1. The van der Waals surface area contributed by atoms with E-state index in [9.17, 15) is 13.6 Å². The number of carbonyl (C=O) groups is 1. The summed E-state index contributed by atoms with van der Waals surface area (Å²) in [6.45, 7) is 0.232. The van der Waals surface area contributed by atoms with Gasteiger partial charge in [-0.15, -0.1) is 0 Å². The molecule has 18 heavy (non-hydrogen) atoms. The van der Waals surface area contributed by atoms with E-state index in [0.717, 1.165) is 18.9 Å². The van der Waals surface area contributed by atoms with Gasteiger partial charge in [-0.05, 0) is 25.0 Å². The molecule has 2 rings (SSSR count). The van der Waals surface area contributed by atoms with Gasteiger partial charge >= 0.3 is 0 Å². The van der Waals surface area contributed by atoms with Crippen LogP contribution in [-0.4, -0.2) is 12.5 Å². The molecule has 1 aromatic rings. The zero-order chi connectivity index (χ0) is 13.2. The molecule has 3 nitrogen and oxygen atoms in total. The summed E-state index contributed by atoms with van der Waals surface area (Å²) in [5.74, 6) is -2.32. The summed E-state index contributed by atoms with van der Waals surface area (Å²) in [7, 11) is 0. The Morgan fingerprint density at radius 3 is 2.61 bits per heavy atom. The average Bonchev–Trinajstić information content (AvgIpc) is 2.85. The molecule has 0 aliphatic heterocycles. The molecule has 1 fully saturated rings. The van der Waals surface area contributed by atoms with Crippen LogP contribution in [0.25, 0.3) is 0 Å². The van der Waals surface area contributed by atoms with Crippen molar-refractivity contribution in [1.82, 2.24) is 0 Å².